The van der Waals surface area contributed by atoms with E-state index in [2.05, 4.69) is 29.3 Å². The Morgan fingerprint density at radius 3 is 2.43 bits per heavy atom. The Balaban J connectivity index is 1.56. The molecule has 0 aromatic heterocycles. The highest BCUT2D eigenvalue weighted by Crippen LogP contribution is 2.46. The summed E-state index contributed by atoms with van der Waals surface area (Å²) in [6, 6.07) is 23.7. The van der Waals surface area contributed by atoms with E-state index in [4.69, 9.17) is 4.74 Å². The summed E-state index contributed by atoms with van der Waals surface area (Å²) in [5.41, 5.74) is 2.60. The quantitative estimate of drug-likeness (QED) is 0.565. The van der Waals surface area contributed by atoms with Crippen LogP contribution in [0.3, 0.4) is 0 Å². The van der Waals surface area contributed by atoms with Crippen LogP contribution in [-0.2, 0) is 15.3 Å². The maximum absolute atomic E-state index is 14.1. The summed E-state index contributed by atoms with van der Waals surface area (Å²) in [6.45, 7) is 1.87. The number of hydrazine groups is 1. The molecule has 6 rings (SSSR count). The summed E-state index contributed by atoms with van der Waals surface area (Å²) in [5, 5.41) is 15.0. The molecule has 37 heavy (non-hydrogen) atoms. The number of thioether (sulfide) groups is 1. The average Bonchev–Trinajstić information content (AvgIpc) is 3.09. The van der Waals surface area contributed by atoms with Crippen LogP contribution in [0.2, 0.25) is 0 Å². The minimum Gasteiger partial charge on any atom is -0.497 e. The topological polar surface area (TPSA) is 73.3 Å². The molecule has 3 aromatic rings. The molecule has 3 aliphatic heterocycles. The molecule has 1 fully saturated rings. The molecule has 0 radical (unpaired) electrons. The first-order valence-corrected chi connectivity index (χ1v) is 13.1. The van der Waals surface area contributed by atoms with Gasteiger partial charge in [-0.05, 0) is 53.9 Å². The lowest BCUT2D eigenvalue weighted by Gasteiger charge is -2.57. The van der Waals surface area contributed by atoms with Gasteiger partial charge in [-0.15, -0.1) is 11.8 Å². The highest BCUT2D eigenvalue weighted by molar-refractivity contribution is 7.98. The van der Waals surface area contributed by atoms with Crippen LogP contribution in [0, 0.1) is 0 Å². The van der Waals surface area contributed by atoms with Crippen LogP contribution < -0.4 is 9.64 Å². The van der Waals surface area contributed by atoms with Crippen molar-refractivity contribution < 1.29 is 19.4 Å². The Morgan fingerprint density at radius 1 is 0.973 bits per heavy atom. The molecule has 0 spiro atoms. The zero-order valence-corrected chi connectivity index (χ0v) is 21.4. The van der Waals surface area contributed by atoms with Crippen LogP contribution >= 0.6 is 11.8 Å². The van der Waals surface area contributed by atoms with Crippen molar-refractivity contribution in [2.75, 3.05) is 18.7 Å². The Hall–Kier alpha value is -3.59. The number of benzene rings is 3. The van der Waals surface area contributed by atoms with Gasteiger partial charge in [-0.1, -0.05) is 42.5 Å². The number of hydrogen-bond donors (Lipinski definition) is 1. The van der Waals surface area contributed by atoms with E-state index in [1.807, 2.05) is 36.4 Å². The second-order valence-corrected chi connectivity index (χ2v) is 10.6. The first kappa shape index (κ1) is 23.8. The molecule has 7 nitrogen and oxygen atoms in total. The van der Waals surface area contributed by atoms with Crippen LogP contribution in [0.15, 0.2) is 90.0 Å². The van der Waals surface area contributed by atoms with Crippen molar-refractivity contribution >= 4 is 29.1 Å². The fourth-order valence-electron chi connectivity index (χ4n) is 5.49. The van der Waals surface area contributed by atoms with Crippen molar-refractivity contribution in [3.8, 4) is 5.75 Å². The highest BCUT2D eigenvalue weighted by Gasteiger charge is 2.58. The molecule has 0 bridgehead atoms. The van der Waals surface area contributed by atoms with Gasteiger partial charge in [0.25, 0.3) is 5.91 Å². The predicted octanol–water partition coefficient (Wildman–Crippen LogP) is 4.13. The third-order valence-electron chi connectivity index (χ3n) is 7.53. The smallest absolute Gasteiger partial charge is 0.258 e. The van der Waals surface area contributed by atoms with Crippen molar-refractivity contribution in [2.24, 2.45) is 0 Å². The first-order chi connectivity index (χ1) is 17.9. The van der Waals surface area contributed by atoms with Crippen LogP contribution in [0.1, 0.15) is 29.7 Å². The van der Waals surface area contributed by atoms with Crippen molar-refractivity contribution in [1.29, 1.82) is 0 Å². The van der Waals surface area contributed by atoms with E-state index >= 15 is 0 Å². The molecule has 8 heteroatoms. The number of rotatable bonds is 3. The van der Waals surface area contributed by atoms with Crippen LogP contribution in [0.25, 0.3) is 0 Å². The third-order valence-corrected chi connectivity index (χ3v) is 8.67. The number of amides is 1. The van der Waals surface area contributed by atoms with Crippen molar-refractivity contribution in [3.05, 3.63) is 102 Å². The molecular weight excluding hydrogens is 486 g/mol. The van der Waals surface area contributed by atoms with E-state index in [9.17, 15) is 14.7 Å². The van der Waals surface area contributed by atoms with E-state index < -0.39 is 17.4 Å². The van der Waals surface area contributed by atoms with Crippen molar-refractivity contribution in [2.45, 2.75) is 35.3 Å². The Morgan fingerprint density at radius 2 is 1.68 bits per heavy atom. The summed E-state index contributed by atoms with van der Waals surface area (Å²) >= 11 is 1.79. The molecule has 3 aromatic carbocycles. The molecule has 3 atom stereocenters. The van der Waals surface area contributed by atoms with Gasteiger partial charge < -0.3 is 9.84 Å². The lowest BCUT2D eigenvalue weighted by atomic mass is 9.85. The number of aliphatic hydroxyl groups is 1. The van der Waals surface area contributed by atoms with Gasteiger partial charge in [0.15, 0.2) is 11.3 Å². The molecule has 0 aliphatic carbocycles. The largest absolute Gasteiger partial charge is 0.497 e. The normalized spacial score (nSPS) is 25.3. The zero-order chi connectivity index (χ0) is 25.7. The SMILES string of the molecule is COc1ccc(N2CN(C3c4ccccc4CSc4ccccc43)N3C=CC(=O)C(O)C3(C)C2=O)cc1. The van der Waals surface area contributed by atoms with Crippen molar-refractivity contribution in [3.63, 3.8) is 0 Å². The second-order valence-electron chi connectivity index (χ2n) is 9.55. The number of hydrogen-bond acceptors (Lipinski definition) is 7. The number of aliphatic hydroxyl groups excluding tert-OH is 1. The van der Waals surface area contributed by atoms with Gasteiger partial charge in [-0.2, -0.15) is 5.01 Å². The van der Waals surface area contributed by atoms with Crippen LogP contribution in [0.4, 0.5) is 5.69 Å². The summed E-state index contributed by atoms with van der Waals surface area (Å²) in [4.78, 5) is 29.6. The third kappa shape index (κ3) is 3.67. The van der Waals surface area contributed by atoms with Crippen molar-refractivity contribution in [1.82, 2.24) is 10.0 Å². The molecule has 188 valence electrons. The van der Waals surface area contributed by atoms with Gasteiger partial charge in [0.2, 0.25) is 0 Å². The lowest BCUT2D eigenvalue weighted by molar-refractivity contribution is -0.180. The monoisotopic (exact) mass is 513 g/mol. The van der Waals surface area contributed by atoms with Gasteiger partial charge in [-0.3, -0.25) is 19.5 Å². The minimum atomic E-state index is -1.52. The molecule has 0 saturated carbocycles. The van der Waals surface area contributed by atoms with E-state index in [0.717, 1.165) is 21.8 Å². The number of methoxy groups -OCH3 is 1. The fraction of sp³-hybridized carbons (Fsp3) is 0.241. The maximum atomic E-state index is 14.1. The van der Waals surface area contributed by atoms with Crippen LogP contribution in [-0.4, -0.2) is 52.2 Å². The number of fused-ring (bicyclic) bond motifs is 3. The predicted molar refractivity (Wildman–Crippen MR) is 142 cm³/mol. The van der Waals surface area contributed by atoms with Gasteiger partial charge in [0.1, 0.15) is 11.9 Å². The first-order valence-electron chi connectivity index (χ1n) is 12.1. The number of ether oxygens (including phenoxy) is 1. The van der Waals surface area contributed by atoms with Crippen LogP contribution in [0.5, 0.6) is 5.75 Å². The molecule has 3 heterocycles. The standard InChI is InChI=1S/C29H27N3O4S/c1-29-27(34)24(33)15-16-32(29)31(18-30(28(29)35)20-11-13-21(36-2)14-12-20)26-22-8-4-3-7-19(22)17-37-25-10-6-5-9-23(25)26/h3-16,26-27,34H,17-18H2,1-2H3. The Labute approximate surface area is 219 Å². The number of carbonyl (C=O) groups excluding carboxylic acids is 2. The number of anilines is 1. The van der Waals surface area contributed by atoms with Gasteiger partial charge in [0, 0.05) is 28.6 Å². The van der Waals surface area contributed by atoms with E-state index in [0.29, 0.717) is 11.4 Å². The minimum absolute atomic E-state index is 0.226. The highest BCUT2D eigenvalue weighted by atomic mass is 32.2. The molecule has 1 saturated heterocycles. The lowest BCUT2D eigenvalue weighted by Crippen LogP contribution is -2.75. The molecule has 1 N–H and O–H groups in total. The average molecular weight is 514 g/mol. The number of ketones is 1. The molecule has 1 amide bonds. The second kappa shape index (κ2) is 9.06. The van der Waals surface area contributed by atoms with Gasteiger partial charge in [0.05, 0.1) is 19.8 Å². The molecule has 3 unspecified atom stereocenters. The van der Waals surface area contributed by atoms with E-state index in [-0.39, 0.29) is 18.6 Å². The molecule has 3 aliphatic rings. The van der Waals surface area contributed by atoms with E-state index in [1.165, 1.54) is 11.6 Å². The Bertz CT molecular complexity index is 1360. The summed E-state index contributed by atoms with van der Waals surface area (Å²) in [6.07, 6.45) is 1.49. The van der Waals surface area contributed by atoms with E-state index in [1.54, 1.807) is 54.0 Å². The maximum Gasteiger partial charge on any atom is 0.258 e. The Kier molecular flexibility index (Phi) is 5.82. The summed E-state index contributed by atoms with van der Waals surface area (Å²) in [7, 11) is 1.59. The van der Waals surface area contributed by atoms with Gasteiger partial charge >= 0.3 is 0 Å². The summed E-state index contributed by atoms with van der Waals surface area (Å²) < 4.78 is 5.31. The van der Waals surface area contributed by atoms with Gasteiger partial charge in [-0.25, -0.2) is 0 Å². The number of nitrogens with zero attached hydrogens (tertiary/aromatic N) is 3. The summed E-state index contributed by atoms with van der Waals surface area (Å²) in [5.74, 6) is 0.675. The zero-order valence-electron chi connectivity index (χ0n) is 20.6. The number of carbonyl (C=O) groups is 2. The molecular formula is C29H27N3O4S. The fourth-order valence-corrected chi connectivity index (χ4v) is 6.59.